The number of aromatic nitrogens is 2. The first-order chi connectivity index (χ1) is 12.3. The maximum Gasteiger partial charge on any atom is 0.435 e. The van der Waals surface area contributed by atoms with Crippen LogP contribution in [0, 0.1) is 0 Å². The van der Waals surface area contributed by atoms with Crippen LogP contribution in [0.5, 0.6) is 0 Å². The number of carboxylic acid groups (broad SMARTS) is 1. The largest absolute Gasteiger partial charge is 0.481 e. The Labute approximate surface area is 146 Å². The monoisotopic (exact) mass is 367 g/mol. The van der Waals surface area contributed by atoms with Crippen LogP contribution in [-0.4, -0.2) is 44.3 Å². The van der Waals surface area contributed by atoms with E-state index in [1.54, 1.807) is 18.2 Å². The summed E-state index contributed by atoms with van der Waals surface area (Å²) >= 11 is 0. The van der Waals surface area contributed by atoms with E-state index in [2.05, 4.69) is 5.10 Å². The van der Waals surface area contributed by atoms with E-state index in [-0.39, 0.29) is 23.9 Å². The molecular formula is C17H16F3N3O3. The van der Waals surface area contributed by atoms with Gasteiger partial charge in [-0.15, -0.1) is 0 Å². The molecule has 138 valence electrons. The summed E-state index contributed by atoms with van der Waals surface area (Å²) in [5.74, 6) is -1.31. The molecule has 1 N–H and O–H groups in total. The van der Waals surface area contributed by atoms with Crippen molar-refractivity contribution in [1.82, 2.24) is 14.7 Å². The highest BCUT2D eigenvalue weighted by atomic mass is 19.4. The van der Waals surface area contributed by atoms with Crippen LogP contribution in [0.4, 0.5) is 13.2 Å². The van der Waals surface area contributed by atoms with Crippen LogP contribution in [0.2, 0.25) is 0 Å². The summed E-state index contributed by atoms with van der Waals surface area (Å²) in [7, 11) is 0. The summed E-state index contributed by atoms with van der Waals surface area (Å²) in [4.78, 5) is 25.2. The molecule has 1 fully saturated rings. The Hall–Kier alpha value is -2.84. The van der Waals surface area contributed by atoms with Gasteiger partial charge in [0, 0.05) is 24.3 Å². The Morgan fingerprint density at radius 3 is 2.69 bits per heavy atom. The Kier molecular flexibility index (Phi) is 4.71. The summed E-state index contributed by atoms with van der Waals surface area (Å²) in [6.07, 6.45) is -2.16. The highest BCUT2D eigenvalue weighted by Gasteiger charge is 2.34. The molecule has 0 spiro atoms. The van der Waals surface area contributed by atoms with Gasteiger partial charge in [-0.25, -0.2) is 4.68 Å². The van der Waals surface area contributed by atoms with Crippen LogP contribution < -0.4 is 0 Å². The number of aliphatic carboxylic acids is 1. The lowest BCUT2D eigenvalue weighted by atomic mass is 10.1. The van der Waals surface area contributed by atoms with E-state index < -0.39 is 17.8 Å². The molecule has 1 aromatic carbocycles. The molecule has 26 heavy (non-hydrogen) atoms. The molecule has 1 unspecified atom stereocenters. The van der Waals surface area contributed by atoms with Gasteiger partial charge < -0.3 is 10.0 Å². The summed E-state index contributed by atoms with van der Waals surface area (Å²) in [6.45, 7) is 0.459. The quantitative estimate of drug-likeness (QED) is 0.902. The fraction of sp³-hybridized carbons (Fsp3) is 0.353. The minimum atomic E-state index is -4.54. The molecule has 9 heteroatoms. The number of carbonyl (C=O) groups excluding carboxylic acids is 1. The molecule has 1 aromatic heterocycles. The lowest BCUT2D eigenvalue weighted by molar-refractivity contribution is -0.141. The van der Waals surface area contributed by atoms with Gasteiger partial charge in [0.15, 0.2) is 5.69 Å². The van der Waals surface area contributed by atoms with E-state index >= 15 is 0 Å². The number of carboxylic acids is 1. The highest BCUT2D eigenvalue weighted by molar-refractivity contribution is 5.95. The Morgan fingerprint density at radius 1 is 1.27 bits per heavy atom. The Morgan fingerprint density at radius 2 is 2.04 bits per heavy atom. The highest BCUT2D eigenvalue weighted by Crippen LogP contribution is 2.28. The maximum atomic E-state index is 12.7. The number of alkyl halides is 3. The van der Waals surface area contributed by atoms with Gasteiger partial charge in [-0.1, -0.05) is 6.07 Å². The lowest BCUT2D eigenvalue weighted by Gasteiger charge is -2.23. The second-order valence-corrected chi connectivity index (χ2v) is 6.09. The Bertz CT molecular complexity index is 832. The zero-order valence-corrected chi connectivity index (χ0v) is 13.6. The number of likely N-dealkylation sites (tertiary alicyclic amines) is 1. The summed E-state index contributed by atoms with van der Waals surface area (Å²) in [5, 5.41) is 12.5. The third kappa shape index (κ3) is 3.71. The van der Waals surface area contributed by atoms with Crippen LogP contribution in [-0.2, 0) is 11.0 Å². The molecule has 3 rings (SSSR count). The van der Waals surface area contributed by atoms with Crippen molar-refractivity contribution in [2.45, 2.75) is 31.5 Å². The van der Waals surface area contributed by atoms with Gasteiger partial charge in [0.25, 0.3) is 5.91 Å². The molecule has 0 bridgehead atoms. The van der Waals surface area contributed by atoms with Crippen molar-refractivity contribution in [3.63, 3.8) is 0 Å². The number of benzene rings is 1. The first kappa shape index (κ1) is 18.0. The van der Waals surface area contributed by atoms with Crippen LogP contribution in [0.3, 0.4) is 0 Å². The molecule has 0 radical (unpaired) electrons. The van der Waals surface area contributed by atoms with E-state index in [4.69, 9.17) is 5.11 Å². The lowest BCUT2D eigenvalue weighted by Crippen LogP contribution is -2.36. The molecule has 0 saturated carbocycles. The molecule has 1 aliphatic heterocycles. The molecule has 6 nitrogen and oxygen atoms in total. The first-order valence-corrected chi connectivity index (χ1v) is 8.02. The third-order valence-electron chi connectivity index (χ3n) is 4.29. The molecule has 1 saturated heterocycles. The number of halogens is 3. The Balaban J connectivity index is 1.84. The van der Waals surface area contributed by atoms with Gasteiger partial charge in [0.05, 0.1) is 12.1 Å². The van der Waals surface area contributed by atoms with Crippen molar-refractivity contribution in [2.24, 2.45) is 0 Å². The van der Waals surface area contributed by atoms with E-state index in [0.29, 0.717) is 18.7 Å². The van der Waals surface area contributed by atoms with Crippen molar-refractivity contribution in [1.29, 1.82) is 0 Å². The van der Waals surface area contributed by atoms with Gasteiger partial charge in [0.2, 0.25) is 0 Å². The van der Waals surface area contributed by atoms with Crippen LogP contribution in [0.25, 0.3) is 5.69 Å². The zero-order valence-electron chi connectivity index (χ0n) is 13.6. The summed E-state index contributed by atoms with van der Waals surface area (Å²) in [6, 6.07) is 6.59. The van der Waals surface area contributed by atoms with Crippen LogP contribution in [0.15, 0.2) is 36.5 Å². The minimum absolute atomic E-state index is 0.125. The van der Waals surface area contributed by atoms with Gasteiger partial charge in [-0.2, -0.15) is 18.3 Å². The smallest absolute Gasteiger partial charge is 0.435 e. The average molecular weight is 367 g/mol. The number of hydrogen-bond donors (Lipinski definition) is 1. The van der Waals surface area contributed by atoms with Gasteiger partial charge in [0.1, 0.15) is 0 Å². The van der Waals surface area contributed by atoms with Gasteiger partial charge >= 0.3 is 12.1 Å². The maximum absolute atomic E-state index is 12.7. The second kappa shape index (κ2) is 6.81. The van der Waals surface area contributed by atoms with E-state index in [9.17, 15) is 22.8 Å². The summed E-state index contributed by atoms with van der Waals surface area (Å²) < 4.78 is 39.1. The van der Waals surface area contributed by atoms with Gasteiger partial charge in [-0.3, -0.25) is 9.59 Å². The molecule has 2 heterocycles. The number of amides is 1. The first-order valence-electron chi connectivity index (χ1n) is 8.02. The van der Waals surface area contributed by atoms with E-state index in [0.717, 1.165) is 17.2 Å². The van der Waals surface area contributed by atoms with Crippen molar-refractivity contribution >= 4 is 11.9 Å². The fourth-order valence-corrected chi connectivity index (χ4v) is 3.08. The number of nitrogens with zero attached hydrogens (tertiary/aromatic N) is 3. The molecule has 1 amide bonds. The number of carbonyl (C=O) groups is 2. The van der Waals surface area contributed by atoms with Crippen LogP contribution >= 0.6 is 0 Å². The van der Waals surface area contributed by atoms with Crippen molar-refractivity contribution in [3.05, 3.63) is 47.8 Å². The van der Waals surface area contributed by atoms with E-state index in [1.807, 2.05) is 0 Å². The molecule has 2 aromatic rings. The zero-order chi connectivity index (χ0) is 18.9. The predicted octanol–water partition coefficient (Wildman–Crippen LogP) is 2.97. The second-order valence-electron chi connectivity index (χ2n) is 6.09. The predicted molar refractivity (Wildman–Crippen MR) is 84.9 cm³/mol. The minimum Gasteiger partial charge on any atom is -0.481 e. The molecule has 1 aliphatic rings. The van der Waals surface area contributed by atoms with E-state index in [1.165, 1.54) is 17.2 Å². The van der Waals surface area contributed by atoms with Crippen LogP contribution in [0.1, 0.15) is 35.3 Å². The number of rotatable bonds is 4. The molecular weight excluding hydrogens is 351 g/mol. The van der Waals surface area contributed by atoms with Crippen molar-refractivity contribution < 1.29 is 27.9 Å². The topological polar surface area (TPSA) is 75.4 Å². The SMILES string of the molecule is O=C(O)CC1CCCN1C(=O)c1cccc(-n2ccc(C(F)(F)F)n2)c1. The van der Waals surface area contributed by atoms with Gasteiger partial charge in [-0.05, 0) is 37.1 Å². The number of hydrogen-bond acceptors (Lipinski definition) is 3. The third-order valence-corrected chi connectivity index (χ3v) is 4.29. The van der Waals surface area contributed by atoms with Crippen molar-refractivity contribution in [3.8, 4) is 5.69 Å². The molecule has 1 atom stereocenters. The van der Waals surface area contributed by atoms with Crippen molar-refractivity contribution in [2.75, 3.05) is 6.54 Å². The normalized spacial score (nSPS) is 17.5. The fourth-order valence-electron chi connectivity index (χ4n) is 3.08. The summed E-state index contributed by atoms with van der Waals surface area (Å²) in [5.41, 5.74) is -0.417. The average Bonchev–Trinajstić information content (AvgIpc) is 3.22. The molecule has 0 aliphatic carbocycles. The standard InChI is InChI=1S/C17H16F3N3O3/c18-17(19,20)14-6-8-23(21-14)13-4-1-3-11(9-13)16(26)22-7-2-5-12(22)10-15(24)25/h1,3-4,6,8-9,12H,2,5,7,10H2,(H,24,25).